The van der Waals surface area contributed by atoms with Gasteiger partial charge in [0.15, 0.2) is 0 Å². The van der Waals surface area contributed by atoms with Crippen LogP contribution in [-0.4, -0.2) is 34.1 Å². The van der Waals surface area contributed by atoms with E-state index in [0.29, 0.717) is 0 Å². The molecule has 0 saturated carbocycles. The lowest BCUT2D eigenvalue weighted by molar-refractivity contribution is -0.0307. The van der Waals surface area contributed by atoms with Gasteiger partial charge in [-0.05, 0) is 52.2 Å². The van der Waals surface area contributed by atoms with Gasteiger partial charge >= 0.3 is 0 Å². The third kappa shape index (κ3) is 2.52. The van der Waals surface area contributed by atoms with Crippen molar-refractivity contribution in [3.05, 3.63) is 34.9 Å². The predicted molar refractivity (Wildman–Crippen MR) is 76.3 cm³/mol. The van der Waals surface area contributed by atoms with Crippen LogP contribution < -0.4 is 0 Å². The number of carbonyl (C=O) groups excluding carboxylic acids is 1. The molecule has 0 aromatic heterocycles. The third-order valence-corrected chi connectivity index (χ3v) is 4.23. The van der Waals surface area contributed by atoms with Crippen molar-refractivity contribution in [1.82, 2.24) is 4.90 Å². The summed E-state index contributed by atoms with van der Waals surface area (Å²) in [7, 11) is 0. The molecule has 0 aliphatic carbocycles. The maximum atomic E-state index is 12.7. The second-order valence-corrected chi connectivity index (χ2v) is 6.09. The molecule has 1 aromatic rings. The average Bonchev–Trinajstić information content (AvgIpc) is 2.32. The van der Waals surface area contributed by atoms with Crippen molar-refractivity contribution in [3.8, 4) is 0 Å². The molecule has 1 aromatic carbocycles. The van der Waals surface area contributed by atoms with Crippen LogP contribution in [0.5, 0.6) is 0 Å². The van der Waals surface area contributed by atoms with Crippen molar-refractivity contribution in [3.63, 3.8) is 0 Å². The maximum absolute atomic E-state index is 12.7. The van der Waals surface area contributed by atoms with E-state index in [1.54, 1.807) is 0 Å². The number of rotatable bonds is 1. The number of aliphatic hydroxyl groups is 1. The summed E-state index contributed by atoms with van der Waals surface area (Å²) in [5.74, 6) is 0.0289. The van der Waals surface area contributed by atoms with Crippen LogP contribution in [0.3, 0.4) is 0 Å². The van der Waals surface area contributed by atoms with E-state index in [1.807, 2.05) is 50.8 Å². The van der Waals surface area contributed by atoms with Gasteiger partial charge in [-0.25, -0.2) is 0 Å². The zero-order chi connectivity index (χ0) is 14.2. The molecule has 1 N–H and O–H groups in total. The van der Waals surface area contributed by atoms with E-state index in [2.05, 4.69) is 0 Å². The van der Waals surface area contributed by atoms with E-state index in [0.717, 1.165) is 36.1 Å². The Morgan fingerprint density at radius 3 is 2.68 bits per heavy atom. The molecule has 3 nitrogen and oxygen atoms in total. The SMILES string of the molecule is Cc1ccc(C(=O)N2CCCC(O)C2(C)C)c(C)c1. The Morgan fingerprint density at radius 2 is 2.05 bits per heavy atom. The van der Waals surface area contributed by atoms with Gasteiger partial charge in [-0.1, -0.05) is 17.7 Å². The lowest BCUT2D eigenvalue weighted by Crippen LogP contribution is -2.58. The van der Waals surface area contributed by atoms with E-state index >= 15 is 0 Å². The molecule has 1 aliphatic rings. The van der Waals surface area contributed by atoms with Gasteiger partial charge in [0.05, 0.1) is 11.6 Å². The van der Waals surface area contributed by atoms with Crippen LogP contribution in [0.4, 0.5) is 0 Å². The molecule has 1 unspecified atom stereocenters. The highest BCUT2D eigenvalue weighted by atomic mass is 16.3. The smallest absolute Gasteiger partial charge is 0.254 e. The van der Waals surface area contributed by atoms with Crippen LogP contribution in [0.1, 0.15) is 48.2 Å². The number of aliphatic hydroxyl groups excluding tert-OH is 1. The Labute approximate surface area is 115 Å². The summed E-state index contributed by atoms with van der Waals surface area (Å²) in [5, 5.41) is 10.1. The fourth-order valence-corrected chi connectivity index (χ4v) is 2.83. The first-order valence-corrected chi connectivity index (χ1v) is 6.91. The normalized spacial score (nSPS) is 22.4. The lowest BCUT2D eigenvalue weighted by Gasteiger charge is -2.46. The highest BCUT2D eigenvalue weighted by molar-refractivity contribution is 5.96. The molecule has 19 heavy (non-hydrogen) atoms. The number of benzene rings is 1. The Hall–Kier alpha value is -1.35. The number of hydrogen-bond acceptors (Lipinski definition) is 2. The molecule has 0 radical (unpaired) electrons. The van der Waals surface area contributed by atoms with E-state index < -0.39 is 11.6 Å². The van der Waals surface area contributed by atoms with E-state index in [4.69, 9.17) is 0 Å². The first-order valence-electron chi connectivity index (χ1n) is 6.91. The minimum atomic E-state index is -0.493. The van der Waals surface area contributed by atoms with Gasteiger partial charge in [-0.15, -0.1) is 0 Å². The Kier molecular flexibility index (Phi) is 3.68. The van der Waals surface area contributed by atoms with Crippen LogP contribution >= 0.6 is 0 Å². The molecule has 2 rings (SSSR count). The second-order valence-electron chi connectivity index (χ2n) is 6.09. The number of aryl methyl sites for hydroxylation is 2. The molecule has 1 aliphatic heterocycles. The number of nitrogens with zero attached hydrogens (tertiary/aromatic N) is 1. The summed E-state index contributed by atoms with van der Waals surface area (Å²) in [6.45, 7) is 8.59. The zero-order valence-corrected chi connectivity index (χ0v) is 12.2. The quantitative estimate of drug-likeness (QED) is 0.844. The Balaban J connectivity index is 2.33. The van der Waals surface area contributed by atoms with Crippen molar-refractivity contribution < 1.29 is 9.90 Å². The molecule has 1 atom stereocenters. The van der Waals surface area contributed by atoms with Crippen LogP contribution in [0, 0.1) is 13.8 Å². The van der Waals surface area contributed by atoms with Gasteiger partial charge in [0.25, 0.3) is 5.91 Å². The van der Waals surface area contributed by atoms with Crippen molar-refractivity contribution >= 4 is 5.91 Å². The molecule has 1 amide bonds. The summed E-state index contributed by atoms with van der Waals surface area (Å²) >= 11 is 0. The third-order valence-electron chi connectivity index (χ3n) is 4.23. The number of piperidine rings is 1. The fourth-order valence-electron chi connectivity index (χ4n) is 2.83. The van der Waals surface area contributed by atoms with E-state index in [9.17, 15) is 9.90 Å². The molecule has 0 spiro atoms. The Morgan fingerprint density at radius 1 is 1.37 bits per heavy atom. The molecule has 1 saturated heterocycles. The van der Waals surface area contributed by atoms with Gasteiger partial charge in [-0.3, -0.25) is 4.79 Å². The summed E-state index contributed by atoms with van der Waals surface area (Å²) in [6.07, 6.45) is 1.18. The average molecular weight is 261 g/mol. The highest BCUT2D eigenvalue weighted by Crippen LogP contribution is 2.30. The predicted octanol–water partition coefficient (Wildman–Crippen LogP) is 2.68. The largest absolute Gasteiger partial charge is 0.391 e. The van der Waals surface area contributed by atoms with Gasteiger partial charge in [0, 0.05) is 12.1 Å². The van der Waals surface area contributed by atoms with Crippen molar-refractivity contribution in [2.45, 2.75) is 52.2 Å². The summed E-state index contributed by atoms with van der Waals surface area (Å²) in [6, 6.07) is 5.89. The van der Waals surface area contributed by atoms with Crippen LogP contribution in [0.15, 0.2) is 18.2 Å². The van der Waals surface area contributed by atoms with Crippen molar-refractivity contribution in [1.29, 1.82) is 0 Å². The van der Waals surface area contributed by atoms with Gasteiger partial charge in [0.2, 0.25) is 0 Å². The van der Waals surface area contributed by atoms with Crippen LogP contribution in [0.2, 0.25) is 0 Å². The zero-order valence-electron chi connectivity index (χ0n) is 12.2. The monoisotopic (exact) mass is 261 g/mol. The van der Waals surface area contributed by atoms with Crippen LogP contribution in [-0.2, 0) is 0 Å². The number of likely N-dealkylation sites (tertiary alicyclic amines) is 1. The minimum absolute atomic E-state index is 0.0289. The molecular formula is C16H23NO2. The molecular weight excluding hydrogens is 238 g/mol. The topological polar surface area (TPSA) is 40.5 Å². The van der Waals surface area contributed by atoms with Gasteiger partial charge in [-0.2, -0.15) is 0 Å². The fraction of sp³-hybridized carbons (Fsp3) is 0.562. The first-order chi connectivity index (χ1) is 8.84. The summed E-state index contributed by atoms with van der Waals surface area (Å²) < 4.78 is 0. The Bertz CT molecular complexity index is 494. The van der Waals surface area contributed by atoms with Gasteiger partial charge in [0.1, 0.15) is 0 Å². The highest BCUT2D eigenvalue weighted by Gasteiger charge is 2.40. The number of hydrogen-bond donors (Lipinski definition) is 1. The van der Waals surface area contributed by atoms with Gasteiger partial charge < -0.3 is 10.0 Å². The van der Waals surface area contributed by atoms with Crippen LogP contribution in [0.25, 0.3) is 0 Å². The lowest BCUT2D eigenvalue weighted by atomic mass is 9.86. The van der Waals surface area contributed by atoms with Crippen molar-refractivity contribution in [2.24, 2.45) is 0 Å². The number of amides is 1. The van der Waals surface area contributed by atoms with E-state index in [-0.39, 0.29) is 5.91 Å². The minimum Gasteiger partial charge on any atom is -0.391 e. The molecule has 1 heterocycles. The molecule has 1 fully saturated rings. The first kappa shape index (κ1) is 14.1. The maximum Gasteiger partial charge on any atom is 0.254 e. The summed E-state index contributed by atoms with van der Waals surface area (Å²) in [4.78, 5) is 14.5. The van der Waals surface area contributed by atoms with E-state index in [1.165, 1.54) is 0 Å². The molecule has 104 valence electrons. The molecule has 0 bridgehead atoms. The second kappa shape index (κ2) is 4.97. The number of carbonyl (C=O) groups is 1. The standard InChI is InChI=1S/C16H23NO2/c1-11-7-8-13(12(2)10-11)15(19)17-9-5-6-14(18)16(17,3)4/h7-8,10,14,18H,5-6,9H2,1-4H3. The summed E-state index contributed by atoms with van der Waals surface area (Å²) in [5.41, 5.74) is 2.41. The van der Waals surface area contributed by atoms with Crippen molar-refractivity contribution in [2.75, 3.05) is 6.54 Å². The molecule has 3 heteroatoms.